The van der Waals surface area contributed by atoms with Crippen LogP contribution >= 0.6 is 34.8 Å². The summed E-state index contributed by atoms with van der Waals surface area (Å²) in [6.45, 7) is 2.47. The van der Waals surface area contributed by atoms with Gasteiger partial charge < -0.3 is 14.1 Å². The number of morpholine rings is 1. The molecule has 106 valence electrons. The van der Waals surface area contributed by atoms with E-state index in [1.54, 1.807) is 12.1 Å². The normalized spacial score (nSPS) is 19.1. The highest BCUT2D eigenvalue weighted by atomic mass is 35.6. The third-order valence-corrected chi connectivity index (χ3v) is 3.55. The summed E-state index contributed by atoms with van der Waals surface area (Å²) in [7, 11) is 0. The molecule has 5 nitrogen and oxygen atoms in total. The molecule has 0 radical (unpaired) electrons. The van der Waals surface area contributed by atoms with E-state index in [-0.39, 0.29) is 5.76 Å². The summed E-state index contributed by atoms with van der Waals surface area (Å²) >= 11 is 17.9. The van der Waals surface area contributed by atoms with E-state index < -0.39 is 15.9 Å². The highest BCUT2D eigenvalue weighted by Crippen LogP contribution is 2.28. The van der Waals surface area contributed by atoms with Crippen molar-refractivity contribution in [2.75, 3.05) is 26.3 Å². The van der Waals surface area contributed by atoms with Crippen LogP contribution in [0.2, 0.25) is 0 Å². The summed E-state index contributed by atoms with van der Waals surface area (Å²) in [6.07, 6.45) is 0.764. The molecule has 1 atom stereocenters. The van der Waals surface area contributed by atoms with Gasteiger partial charge in [-0.3, -0.25) is 10.1 Å². The maximum Gasteiger partial charge on any atom is 0.291 e. The SMILES string of the molecule is O=C(N[C@H]([NH+]1CCOCC1)C(Cl)(Cl)Cl)c1ccco1. The van der Waals surface area contributed by atoms with Gasteiger partial charge in [0.1, 0.15) is 13.1 Å². The molecule has 1 aliphatic rings. The first-order valence-electron chi connectivity index (χ1n) is 5.82. The Morgan fingerprint density at radius 2 is 2.05 bits per heavy atom. The summed E-state index contributed by atoms with van der Waals surface area (Å²) < 4.78 is 8.68. The fraction of sp³-hybridized carbons (Fsp3) is 0.545. The van der Waals surface area contributed by atoms with E-state index in [1.807, 2.05) is 0 Å². The van der Waals surface area contributed by atoms with Crippen LogP contribution in [-0.2, 0) is 4.74 Å². The summed E-state index contributed by atoms with van der Waals surface area (Å²) in [5.41, 5.74) is 0. The number of halogens is 3. The van der Waals surface area contributed by atoms with Gasteiger partial charge in [0.25, 0.3) is 9.70 Å². The number of carbonyl (C=O) groups is 1. The van der Waals surface area contributed by atoms with Gasteiger partial charge in [-0.05, 0) is 12.1 Å². The Morgan fingerprint density at radius 3 is 2.58 bits per heavy atom. The second-order valence-corrected chi connectivity index (χ2v) is 6.56. The van der Waals surface area contributed by atoms with Crippen molar-refractivity contribution in [2.24, 2.45) is 0 Å². The van der Waals surface area contributed by atoms with Gasteiger partial charge >= 0.3 is 0 Å². The van der Waals surface area contributed by atoms with Crippen LogP contribution in [0, 0.1) is 0 Å². The Kier molecular flexibility index (Phi) is 4.97. The Bertz CT molecular complexity index is 413. The molecule has 1 saturated heterocycles. The lowest BCUT2D eigenvalue weighted by atomic mass is 10.3. The lowest BCUT2D eigenvalue weighted by molar-refractivity contribution is -0.934. The van der Waals surface area contributed by atoms with Crippen molar-refractivity contribution >= 4 is 40.7 Å². The Labute approximate surface area is 125 Å². The van der Waals surface area contributed by atoms with E-state index in [0.29, 0.717) is 26.3 Å². The molecular formula is C11H14Cl3N2O3+. The molecule has 1 aromatic heterocycles. The van der Waals surface area contributed by atoms with Crippen LogP contribution in [0.5, 0.6) is 0 Å². The van der Waals surface area contributed by atoms with Gasteiger partial charge in [0, 0.05) is 0 Å². The van der Waals surface area contributed by atoms with Gasteiger partial charge in [-0.1, -0.05) is 34.8 Å². The van der Waals surface area contributed by atoms with Gasteiger partial charge in [-0.25, -0.2) is 0 Å². The van der Waals surface area contributed by atoms with Gasteiger partial charge in [0.2, 0.25) is 6.17 Å². The van der Waals surface area contributed by atoms with E-state index in [9.17, 15) is 4.79 Å². The molecule has 2 heterocycles. The van der Waals surface area contributed by atoms with Crippen LogP contribution in [0.4, 0.5) is 0 Å². The van der Waals surface area contributed by atoms with Crippen molar-refractivity contribution in [2.45, 2.75) is 9.96 Å². The largest absolute Gasteiger partial charge is 0.459 e. The number of ether oxygens (including phenoxy) is 1. The van der Waals surface area contributed by atoms with E-state index >= 15 is 0 Å². The molecule has 1 fully saturated rings. The van der Waals surface area contributed by atoms with Gasteiger partial charge in [-0.15, -0.1) is 0 Å². The number of furan rings is 1. The first-order valence-corrected chi connectivity index (χ1v) is 6.95. The maximum absolute atomic E-state index is 12.0. The lowest BCUT2D eigenvalue weighted by Gasteiger charge is -2.34. The van der Waals surface area contributed by atoms with Gasteiger partial charge in [-0.2, -0.15) is 0 Å². The third-order valence-electron chi connectivity index (χ3n) is 2.89. The van der Waals surface area contributed by atoms with E-state index in [0.717, 1.165) is 4.90 Å². The molecule has 0 spiro atoms. The first kappa shape index (κ1) is 14.9. The molecule has 0 aliphatic carbocycles. The average molecular weight is 329 g/mol. The van der Waals surface area contributed by atoms with E-state index in [2.05, 4.69) is 5.32 Å². The molecule has 2 N–H and O–H groups in total. The van der Waals surface area contributed by atoms with Crippen LogP contribution in [0.25, 0.3) is 0 Å². The summed E-state index contributed by atoms with van der Waals surface area (Å²) in [5.74, 6) is -0.216. The Balaban J connectivity index is 2.07. The van der Waals surface area contributed by atoms with Crippen LogP contribution in [0.15, 0.2) is 22.8 Å². The van der Waals surface area contributed by atoms with Crippen LogP contribution in [0.3, 0.4) is 0 Å². The topological polar surface area (TPSA) is 55.9 Å². The second kappa shape index (κ2) is 6.33. The highest BCUT2D eigenvalue weighted by Gasteiger charge is 2.43. The van der Waals surface area contributed by atoms with Crippen LogP contribution < -0.4 is 10.2 Å². The van der Waals surface area contributed by atoms with Crippen molar-refractivity contribution in [3.05, 3.63) is 24.2 Å². The summed E-state index contributed by atoms with van der Waals surface area (Å²) in [4.78, 5) is 12.9. The number of carbonyl (C=O) groups excluding carboxylic acids is 1. The third kappa shape index (κ3) is 4.00. The molecule has 19 heavy (non-hydrogen) atoms. The number of hydrogen-bond acceptors (Lipinski definition) is 3. The number of nitrogens with one attached hydrogen (secondary N) is 2. The molecule has 1 aliphatic heterocycles. The van der Waals surface area contributed by atoms with Gasteiger partial charge in [0.15, 0.2) is 5.76 Å². The minimum absolute atomic E-state index is 0.187. The second-order valence-electron chi connectivity index (χ2n) is 4.20. The number of amides is 1. The molecule has 1 aromatic rings. The minimum atomic E-state index is -1.60. The lowest BCUT2D eigenvalue weighted by Crippen LogP contribution is -3.21. The Morgan fingerprint density at radius 1 is 1.37 bits per heavy atom. The zero-order chi connectivity index (χ0) is 13.9. The standard InChI is InChI=1S/C11H13Cl3N2O3/c12-11(13,14)10(16-3-6-18-7-4-16)15-9(17)8-2-1-5-19-8/h1-2,5,10H,3-4,6-7H2,(H,15,17)/p+1/t10-/m1/s1. The number of quaternary nitrogens is 1. The fourth-order valence-corrected chi connectivity index (χ4v) is 2.57. The smallest absolute Gasteiger partial charge is 0.291 e. The highest BCUT2D eigenvalue weighted by molar-refractivity contribution is 6.68. The molecule has 8 heteroatoms. The molecule has 0 bridgehead atoms. The zero-order valence-electron chi connectivity index (χ0n) is 10.00. The van der Waals surface area contributed by atoms with Crippen molar-refractivity contribution < 1.29 is 18.8 Å². The first-order chi connectivity index (χ1) is 8.98. The molecule has 2 rings (SSSR count). The average Bonchev–Trinajstić information content (AvgIpc) is 2.89. The summed E-state index contributed by atoms with van der Waals surface area (Å²) in [6, 6.07) is 3.18. The van der Waals surface area contributed by atoms with Crippen molar-refractivity contribution in [3.63, 3.8) is 0 Å². The molecular weight excluding hydrogens is 314 g/mol. The predicted octanol–water partition coefficient (Wildman–Crippen LogP) is 0.621. The minimum Gasteiger partial charge on any atom is -0.459 e. The van der Waals surface area contributed by atoms with Crippen molar-refractivity contribution in [3.8, 4) is 0 Å². The number of rotatable bonds is 3. The predicted molar refractivity (Wildman–Crippen MR) is 71.8 cm³/mol. The summed E-state index contributed by atoms with van der Waals surface area (Å²) in [5, 5.41) is 2.71. The fourth-order valence-electron chi connectivity index (χ4n) is 1.95. The van der Waals surface area contributed by atoms with Crippen molar-refractivity contribution in [1.82, 2.24) is 5.32 Å². The maximum atomic E-state index is 12.0. The molecule has 0 saturated carbocycles. The zero-order valence-corrected chi connectivity index (χ0v) is 12.3. The van der Waals surface area contributed by atoms with E-state index in [1.165, 1.54) is 6.26 Å². The monoisotopic (exact) mass is 327 g/mol. The molecule has 0 unspecified atom stereocenters. The quantitative estimate of drug-likeness (QED) is 0.800. The van der Waals surface area contributed by atoms with Crippen molar-refractivity contribution in [1.29, 1.82) is 0 Å². The number of alkyl halides is 3. The van der Waals surface area contributed by atoms with Crippen LogP contribution in [0.1, 0.15) is 10.6 Å². The molecule has 1 amide bonds. The van der Waals surface area contributed by atoms with Crippen LogP contribution in [-0.4, -0.2) is 42.2 Å². The Hall–Kier alpha value is -0.460. The van der Waals surface area contributed by atoms with Gasteiger partial charge in [0.05, 0.1) is 19.5 Å². The number of hydrogen-bond donors (Lipinski definition) is 2. The molecule has 0 aromatic carbocycles. The van der Waals surface area contributed by atoms with E-state index in [4.69, 9.17) is 44.0 Å².